The molecule has 0 aliphatic heterocycles. The van der Waals surface area contributed by atoms with Gasteiger partial charge in [0.25, 0.3) is 0 Å². The molecule has 0 aliphatic carbocycles. The SMILES string of the molecule is CCOP(=O)(CC)OCC.[Cl-].[Cl-].c1cc(-c2cc[nH+]cc2)cc[nH+]1. The average molecular weight is 395 g/mol. The lowest BCUT2D eigenvalue weighted by molar-refractivity contribution is -0.378. The summed E-state index contributed by atoms with van der Waals surface area (Å²) in [6.45, 7) is 6.31. The van der Waals surface area contributed by atoms with Crippen LogP contribution >= 0.6 is 7.60 Å². The Morgan fingerprint density at radius 3 is 1.38 bits per heavy atom. The molecule has 2 aromatic heterocycles. The predicted octanol–water partition coefficient (Wildman–Crippen LogP) is -2.74. The molecule has 0 unspecified atom stereocenters. The van der Waals surface area contributed by atoms with E-state index in [4.69, 9.17) is 9.05 Å². The summed E-state index contributed by atoms with van der Waals surface area (Å²) in [4.78, 5) is 5.99. The number of aromatic amines is 2. The Kier molecular flexibility index (Phi) is 15.1. The highest BCUT2D eigenvalue weighted by Crippen LogP contribution is 2.47. The van der Waals surface area contributed by atoms with Gasteiger partial charge in [0, 0.05) is 30.4 Å². The molecule has 0 saturated heterocycles. The van der Waals surface area contributed by atoms with E-state index in [1.165, 1.54) is 11.1 Å². The molecule has 136 valence electrons. The van der Waals surface area contributed by atoms with Crippen molar-refractivity contribution < 1.29 is 48.4 Å². The van der Waals surface area contributed by atoms with Crippen molar-refractivity contribution in [1.82, 2.24) is 0 Å². The molecule has 0 amide bonds. The van der Waals surface area contributed by atoms with Crippen LogP contribution in [0.1, 0.15) is 20.8 Å². The molecule has 5 nitrogen and oxygen atoms in total. The van der Waals surface area contributed by atoms with Crippen LogP contribution in [0.25, 0.3) is 11.1 Å². The van der Waals surface area contributed by atoms with Crippen LogP contribution in [0, 0.1) is 0 Å². The van der Waals surface area contributed by atoms with Crippen molar-refractivity contribution in [3.63, 3.8) is 0 Å². The fourth-order valence-electron chi connectivity index (χ4n) is 1.77. The first-order valence-corrected chi connectivity index (χ1v) is 9.18. The second-order valence-corrected chi connectivity index (χ2v) is 6.71. The van der Waals surface area contributed by atoms with Gasteiger partial charge in [0.15, 0.2) is 24.8 Å². The number of hydrogen-bond donors (Lipinski definition) is 0. The van der Waals surface area contributed by atoms with E-state index in [2.05, 4.69) is 34.2 Å². The Hall–Kier alpha value is -0.970. The molecule has 2 aromatic rings. The van der Waals surface area contributed by atoms with Crippen LogP contribution in [0.5, 0.6) is 0 Å². The van der Waals surface area contributed by atoms with Gasteiger partial charge >= 0.3 is 7.60 Å². The zero-order chi connectivity index (χ0) is 16.3. The van der Waals surface area contributed by atoms with Crippen molar-refractivity contribution in [3.05, 3.63) is 49.1 Å². The molecule has 2 rings (SSSR count). The molecule has 0 aliphatic rings. The third-order valence-electron chi connectivity index (χ3n) is 2.81. The summed E-state index contributed by atoms with van der Waals surface area (Å²) >= 11 is 0. The third kappa shape index (κ3) is 9.36. The Balaban J connectivity index is 0. The number of nitrogens with one attached hydrogen (secondary N) is 2. The Bertz CT molecular complexity index is 527. The van der Waals surface area contributed by atoms with Gasteiger partial charge in [0.2, 0.25) is 0 Å². The van der Waals surface area contributed by atoms with E-state index in [1.54, 1.807) is 20.8 Å². The zero-order valence-electron chi connectivity index (χ0n) is 14.2. The van der Waals surface area contributed by atoms with Crippen LogP contribution in [0.4, 0.5) is 0 Å². The highest BCUT2D eigenvalue weighted by molar-refractivity contribution is 7.53. The number of H-pyrrole nitrogens is 2. The lowest BCUT2D eigenvalue weighted by atomic mass is 10.1. The van der Waals surface area contributed by atoms with Gasteiger partial charge in [-0.1, -0.05) is 6.92 Å². The van der Waals surface area contributed by atoms with E-state index >= 15 is 0 Å². The maximum atomic E-state index is 11.3. The average Bonchev–Trinajstić information content (AvgIpc) is 2.58. The molecule has 2 N–H and O–H groups in total. The number of rotatable bonds is 6. The van der Waals surface area contributed by atoms with Crippen molar-refractivity contribution in [3.8, 4) is 11.1 Å². The summed E-state index contributed by atoms with van der Waals surface area (Å²) in [6.07, 6.45) is 8.14. The molecule has 0 saturated carbocycles. The summed E-state index contributed by atoms with van der Waals surface area (Å²) in [7, 11) is -2.70. The minimum Gasteiger partial charge on any atom is -1.00 e. The van der Waals surface area contributed by atoms with E-state index in [0.717, 1.165) is 0 Å². The van der Waals surface area contributed by atoms with Crippen molar-refractivity contribution in [2.24, 2.45) is 0 Å². The summed E-state index contributed by atoms with van der Waals surface area (Å²) < 4.78 is 21.2. The van der Waals surface area contributed by atoms with Crippen molar-refractivity contribution >= 4 is 7.60 Å². The van der Waals surface area contributed by atoms with Crippen LogP contribution in [0.2, 0.25) is 0 Å². The minimum absolute atomic E-state index is 0. The highest BCUT2D eigenvalue weighted by atomic mass is 35.5. The first kappa shape index (κ1) is 25.3. The Labute approximate surface area is 156 Å². The first-order chi connectivity index (χ1) is 10.6. The first-order valence-electron chi connectivity index (χ1n) is 7.46. The van der Waals surface area contributed by atoms with Gasteiger partial charge in [-0.25, -0.2) is 9.97 Å². The molecule has 8 heteroatoms. The lowest BCUT2D eigenvalue weighted by Gasteiger charge is -2.13. The minimum atomic E-state index is -2.70. The summed E-state index contributed by atoms with van der Waals surface area (Å²) in [5, 5.41) is 0. The van der Waals surface area contributed by atoms with Gasteiger partial charge in [-0.2, -0.15) is 0 Å². The molecule has 0 bridgehead atoms. The van der Waals surface area contributed by atoms with E-state index in [-0.39, 0.29) is 24.8 Å². The lowest BCUT2D eigenvalue weighted by Crippen LogP contribution is -3.00. The summed E-state index contributed by atoms with van der Waals surface area (Å²) in [5.41, 5.74) is 2.45. The Morgan fingerprint density at radius 1 is 0.792 bits per heavy atom. The second kappa shape index (κ2) is 14.4. The molecule has 0 spiro atoms. The van der Waals surface area contributed by atoms with Gasteiger partial charge in [0.05, 0.1) is 13.2 Å². The third-order valence-corrected chi connectivity index (χ3v) is 4.89. The summed E-state index contributed by atoms with van der Waals surface area (Å²) in [5.74, 6) is 0. The van der Waals surface area contributed by atoms with Crippen LogP contribution < -0.4 is 34.8 Å². The quantitative estimate of drug-likeness (QED) is 0.499. The highest BCUT2D eigenvalue weighted by Gasteiger charge is 2.19. The predicted molar refractivity (Wildman–Crippen MR) is 86.4 cm³/mol. The van der Waals surface area contributed by atoms with Gasteiger partial charge in [-0.3, -0.25) is 4.57 Å². The molecular weight excluding hydrogens is 370 g/mol. The Morgan fingerprint density at radius 2 is 1.12 bits per heavy atom. The van der Waals surface area contributed by atoms with Crippen molar-refractivity contribution in [2.75, 3.05) is 19.4 Å². The van der Waals surface area contributed by atoms with Gasteiger partial charge < -0.3 is 33.9 Å². The van der Waals surface area contributed by atoms with E-state index < -0.39 is 7.60 Å². The molecular formula is C16H25Cl2N2O3P. The molecule has 0 aromatic carbocycles. The van der Waals surface area contributed by atoms with Crippen LogP contribution in [-0.4, -0.2) is 19.4 Å². The molecule has 24 heavy (non-hydrogen) atoms. The van der Waals surface area contributed by atoms with Gasteiger partial charge in [-0.15, -0.1) is 0 Å². The number of hydrogen-bond acceptors (Lipinski definition) is 3. The van der Waals surface area contributed by atoms with Crippen LogP contribution in [0.3, 0.4) is 0 Å². The van der Waals surface area contributed by atoms with Crippen LogP contribution in [0.15, 0.2) is 49.1 Å². The van der Waals surface area contributed by atoms with Gasteiger partial charge in [-0.05, 0) is 25.0 Å². The van der Waals surface area contributed by atoms with E-state index in [0.29, 0.717) is 19.4 Å². The molecule has 0 radical (unpaired) electrons. The maximum Gasteiger partial charge on any atom is 0.330 e. The smallest absolute Gasteiger partial charge is 0.330 e. The number of pyridine rings is 2. The second-order valence-electron chi connectivity index (χ2n) is 4.34. The van der Waals surface area contributed by atoms with Crippen molar-refractivity contribution in [2.45, 2.75) is 20.8 Å². The fourth-order valence-corrected chi connectivity index (χ4v) is 3.00. The topological polar surface area (TPSA) is 63.8 Å². The molecule has 0 fully saturated rings. The number of aromatic nitrogens is 2. The number of halogens is 2. The maximum absolute atomic E-state index is 11.3. The fraction of sp³-hybridized carbons (Fsp3) is 0.375. The van der Waals surface area contributed by atoms with Crippen LogP contribution in [-0.2, 0) is 13.6 Å². The van der Waals surface area contributed by atoms with Crippen molar-refractivity contribution in [1.29, 1.82) is 0 Å². The van der Waals surface area contributed by atoms with E-state index in [1.807, 2.05) is 24.8 Å². The summed E-state index contributed by atoms with van der Waals surface area (Å²) in [6, 6.07) is 8.20. The van der Waals surface area contributed by atoms with E-state index in [9.17, 15) is 4.57 Å². The largest absolute Gasteiger partial charge is 1.00 e. The monoisotopic (exact) mass is 394 g/mol. The normalized spacial score (nSPS) is 9.79. The molecule has 0 atom stereocenters. The molecule has 2 heterocycles. The van der Waals surface area contributed by atoms with Gasteiger partial charge in [0.1, 0.15) is 0 Å². The standard InChI is InChI=1S/C10H8N2.C6H15O3P.2ClH/c1-5-11-6-2-9(1)10-3-7-12-8-4-10;1-4-8-10(7,6-3)9-5-2;;/h1-8H;4-6H2,1-3H3;2*1H. The zero-order valence-corrected chi connectivity index (χ0v) is 16.6.